The molecule has 0 atom stereocenters. The fraction of sp³-hybridized carbons (Fsp3) is 0.600. The molecule has 0 bridgehead atoms. The van der Waals surface area contributed by atoms with E-state index in [0.29, 0.717) is 16.8 Å². The van der Waals surface area contributed by atoms with Crippen molar-refractivity contribution in [2.24, 2.45) is 11.8 Å². The molecule has 1 saturated carbocycles. The molecule has 1 N–H and O–H groups in total. The third-order valence-corrected chi connectivity index (χ3v) is 4.34. The zero-order valence-electron chi connectivity index (χ0n) is 11.0. The maximum absolute atomic E-state index is 13.7. The minimum atomic E-state index is -0.256. The third kappa shape index (κ3) is 3.17. The summed E-state index contributed by atoms with van der Waals surface area (Å²) < 4.78 is 13.7. The second kappa shape index (κ2) is 5.92. The van der Waals surface area contributed by atoms with Gasteiger partial charge in [0.2, 0.25) is 0 Å². The van der Waals surface area contributed by atoms with Crippen molar-refractivity contribution in [3.05, 3.63) is 29.0 Å². The monoisotopic (exact) mass is 269 g/mol. The highest BCUT2D eigenvalue weighted by atomic mass is 35.5. The maximum Gasteiger partial charge on any atom is 0.147 e. The van der Waals surface area contributed by atoms with Gasteiger partial charge in [0, 0.05) is 6.04 Å². The summed E-state index contributed by atoms with van der Waals surface area (Å²) >= 11 is 6.03. The predicted molar refractivity (Wildman–Crippen MR) is 75.6 cm³/mol. The van der Waals surface area contributed by atoms with Gasteiger partial charge in [-0.1, -0.05) is 31.5 Å². The molecule has 1 aliphatic rings. The topological polar surface area (TPSA) is 12.0 Å². The van der Waals surface area contributed by atoms with Crippen molar-refractivity contribution in [2.75, 3.05) is 5.32 Å². The first-order valence-electron chi connectivity index (χ1n) is 6.78. The number of rotatable bonds is 3. The van der Waals surface area contributed by atoms with Crippen molar-refractivity contribution in [3.63, 3.8) is 0 Å². The first kappa shape index (κ1) is 13.7. The Hall–Kier alpha value is -0.760. The smallest absolute Gasteiger partial charge is 0.147 e. The lowest BCUT2D eigenvalue weighted by atomic mass is 9.79. The van der Waals surface area contributed by atoms with E-state index >= 15 is 0 Å². The Labute approximate surface area is 114 Å². The number of para-hydroxylation sites is 1. The highest BCUT2D eigenvalue weighted by molar-refractivity contribution is 6.33. The molecule has 1 aromatic rings. The molecule has 0 saturated heterocycles. The van der Waals surface area contributed by atoms with Gasteiger partial charge in [-0.3, -0.25) is 0 Å². The van der Waals surface area contributed by atoms with Crippen LogP contribution in [0.2, 0.25) is 5.02 Å². The molecule has 1 aromatic carbocycles. The summed E-state index contributed by atoms with van der Waals surface area (Å²) in [5, 5.41) is 3.74. The van der Waals surface area contributed by atoms with Gasteiger partial charge in [-0.05, 0) is 49.7 Å². The summed E-state index contributed by atoms with van der Waals surface area (Å²) in [7, 11) is 0. The molecule has 0 heterocycles. The van der Waals surface area contributed by atoms with Crippen LogP contribution >= 0.6 is 11.6 Å². The molecular weight excluding hydrogens is 249 g/mol. The van der Waals surface area contributed by atoms with Crippen molar-refractivity contribution in [1.82, 2.24) is 0 Å². The highest BCUT2D eigenvalue weighted by Gasteiger charge is 2.24. The minimum Gasteiger partial charge on any atom is -0.379 e. The number of hydrogen-bond donors (Lipinski definition) is 1. The summed E-state index contributed by atoms with van der Waals surface area (Å²) in [5.41, 5.74) is 0.465. The second-order valence-corrected chi connectivity index (χ2v) is 6.00. The van der Waals surface area contributed by atoms with Crippen molar-refractivity contribution >= 4 is 17.3 Å². The Balaban J connectivity index is 1.96. The normalized spacial score (nSPS) is 24.3. The standard InChI is InChI=1S/C15H21ClFN/c1-10(2)11-6-8-12(9-7-11)18-15-13(16)4-3-5-14(15)17/h3-5,10-12,18H,6-9H2,1-2H3. The second-order valence-electron chi connectivity index (χ2n) is 5.60. The van der Waals surface area contributed by atoms with Gasteiger partial charge >= 0.3 is 0 Å². The fourth-order valence-electron chi connectivity index (χ4n) is 2.77. The Morgan fingerprint density at radius 1 is 1.22 bits per heavy atom. The van der Waals surface area contributed by atoms with Gasteiger partial charge in [-0.2, -0.15) is 0 Å². The van der Waals surface area contributed by atoms with E-state index in [0.717, 1.165) is 24.7 Å². The van der Waals surface area contributed by atoms with E-state index in [9.17, 15) is 4.39 Å². The van der Waals surface area contributed by atoms with E-state index in [-0.39, 0.29) is 5.82 Å². The molecule has 0 radical (unpaired) electrons. The molecule has 3 heteroatoms. The van der Waals surface area contributed by atoms with E-state index in [2.05, 4.69) is 19.2 Å². The summed E-state index contributed by atoms with van der Waals surface area (Å²) in [6, 6.07) is 5.17. The molecule has 0 unspecified atom stereocenters. The molecule has 0 amide bonds. The van der Waals surface area contributed by atoms with Crippen molar-refractivity contribution in [2.45, 2.75) is 45.6 Å². The molecule has 1 aliphatic carbocycles. The van der Waals surface area contributed by atoms with E-state index in [1.807, 2.05) is 0 Å². The van der Waals surface area contributed by atoms with Gasteiger partial charge in [0.15, 0.2) is 0 Å². The third-order valence-electron chi connectivity index (χ3n) is 4.03. The van der Waals surface area contributed by atoms with E-state index in [4.69, 9.17) is 11.6 Å². The number of hydrogen-bond acceptors (Lipinski definition) is 1. The van der Waals surface area contributed by atoms with Gasteiger partial charge in [0.05, 0.1) is 10.7 Å². The molecule has 2 rings (SSSR count). The predicted octanol–water partition coefficient (Wildman–Crippen LogP) is 5.11. The average molecular weight is 270 g/mol. The molecule has 1 nitrogen and oxygen atoms in total. The minimum absolute atomic E-state index is 0.256. The van der Waals surface area contributed by atoms with E-state index in [1.54, 1.807) is 12.1 Å². The largest absolute Gasteiger partial charge is 0.379 e. The number of nitrogens with one attached hydrogen (secondary N) is 1. The molecule has 0 aromatic heterocycles. The summed E-state index contributed by atoms with van der Waals surface area (Å²) in [6.45, 7) is 4.57. The highest BCUT2D eigenvalue weighted by Crippen LogP contribution is 2.33. The van der Waals surface area contributed by atoms with Crippen molar-refractivity contribution in [3.8, 4) is 0 Å². The lowest BCUT2D eigenvalue weighted by molar-refractivity contribution is 0.266. The lowest BCUT2D eigenvalue weighted by Gasteiger charge is -2.32. The number of halogens is 2. The zero-order valence-corrected chi connectivity index (χ0v) is 11.8. The summed E-state index contributed by atoms with van der Waals surface area (Å²) in [4.78, 5) is 0. The van der Waals surface area contributed by atoms with Crippen LogP contribution < -0.4 is 5.32 Å². The SMILES string of the molecule is CC(C)C1CCC(Nc2c(F)cccc2Cl)CC1. The van der Waals surface area contributed by atoms with Crippen LogP contribution in [-0.2, 0) is 0 Å². The first-order valence-corrected chi connectivity index (χ1v) is 7.16. The molecule has 18 heavy (non-hydrogen) atoms. The van der Waals surface area contributed by atoms with Crippen LogP contribution in [0.15, 0.2) is 18.2 Å². The quantitative estimate of drug-likeness (QED) is 0.804. The maximum atomic E-state index is 13.7. The van der Waals surface area contributed by atoms with Crippen LogP contribution in [0.1, 0.15) is 39.5 Å². The van der Waals surface area contributed by atoms with Gasteiger partial charge < -0.3 is 5.32 Å². The van der Waals surface area contributed by atoms with E-state index < -0.39 is 0 Å². The van der Waals surface area contributed by atoms with Crippen LogP contribution in [0.25, 0.3) is 0 Å². The van der Waals surface area contributed by atoms with Gasteiger partial charge in [0.1, 0.15) is 5.82 Å². The molecule has 1 fully saturated rings. The van der Waals surface area contributed by atoms with Crippen LogP contribution in [0.5, 0.6) is 0 Å². The fourth-order valence-corrected chi connectivity index (χ4v) is 2.99. The Morgan fingerprint density at radius 3 is 2.44 bits per heavy atom. The van der Waals surface area contributed by atoms with Crippen LogP contribution in [0.3, 0.4) is 0 Å². The van der Waals surface area contributed by atoms with Crippen LogP contribution in [-0.4, -0.2) is 6.04 Å². The molecule has 0 spiro atoms. The van der Waals surface area contributed by atoms with Crippen LogP contribution in [0, 0.1) is 17.7 Å². The lowest BCUT2D eigenvalue weighted by Crippen LogP contribution is -2.28. The van der Waals surface area contributed by atoms with Gasteiger partial charge in [-0.25, -0.2) is 4.39 Å². The zero-order chi connectivity index (χ0) is 13.1. The van der Waals surface area contributed by atoms with Crippen molar-refractivity contribution in [1.29, 1.82) is 0 Å². The number of benzene rings is 1. The summed E-state index contributed by atoms with van der Waals surface area (Å²) in [6.07, 6.45) is 4.66. The Bertz CT molecular complexity index is 377. The molecular formula is C15H21ClFN. The van der Waals surface area contributed by atoms with Gasteiger partial charge in [0.25, 0.3) is 0 Å². The molecule has 100 valence electrons. The van der Waals surface area contributed by atoms with E-state index in [1.165, 1.54) is 18.9 Å². The molecule has 0 aliphatic heterocycles. The Morgan fingerprint density at radius 2 is 1.89 bits per heavy atom. The summed E-state index contributed by atoms with van der Waals surface area (Å²) in [5.74, 6) is 1.32. The van der Waals surface area contributed by atoms with Crippen molar-refractivity contribution < 1.29 is 4.39 Å². The van der Waals surface area contributed by atoms with Crippen LogP contribution in [0.4, 0.5) is 10.1 Å². The van der Waals surface area contributed by atoms with Gasteiger partial charge in [-0.15, -0.1) is 0 Å². The Kier molecular flexibility index (Phi) is 4.50. The first-order chi connectivity index (χ1) is 8.58. The average Bonchev–Trinajstić information content (AvgIpc) is 2.34. The number of anilines is 1.